The van der Waals surface area contributed by atoms with E-state index in [2.05, 4.69) is 20.3 Å². The van der Waals surface area contributed by atoms with Crippen LogP contribution in [0, 0.1) is 10.1 Å². The van der Waals surface area contributed by atoms with E-state index < -0.39 is 22.6 Å². The van der Waals surface area contributed by atoms with Gasteiger partial charge in [0.1, 0.15) is 17.3 Å². The maximum atomic E-state index is 12.5. The lowest BCUT2D eigenvalue weighted by molar-refractivity contribution is -0.390. The minimum Gasteiger partial charge on any atom is -0.447 e. The van der Waals surface area contributed by atoms with Gasteiger partial charge in [0.15, 0.2) is 6.20 Å². The van der Waals surface area contributed by atoms with E-state index in [1.807, 2.05) is 0 Å². The highest BCUT2D eigenvalue weighted by Gasteiger charge is 2.31. The monoisotopic (exact) mass is 425 g/mol. The number of hydrogen-bond donors (Lipinski definition) is 1. The molecule has 0 unspecified atom stereocenters. The number of anilines is 1. The van der Waals surface area contributed by atoms with E-state index in [-0.39, 0.29) is 23.1 Å². The summed E-state index contributed by atoms with van der Waals surface area (Å²) in [6.07, 6.45) is -0.915. The van der Waals surface area contributed by atoms with Gasteiger partial charge in [-0.3, -0.25) is 4.98 Å². The Balaban J connectivity index is 1.64. The molecule has 12 heteroatoms. The molecule has 0 aliphatic carbocycles. The van der Waals surface area contributed by atoms with E-state index in [0.29, 0.717) is 11.4 Å². The highest BCUT2D eigenvalue weighted by Crippen LogP contribution is 2.31. The van der Waals surface area contributed by atoms with Gasteiger partial charge in [0.25, 0.3) is 0 Å². The van der Waals surface area contributed by atoms with Crippen molar-refractivity contribution in [1.82, 2.24) is 15.0 Å². The minimum atomic E-state index is -4.49. The Kier molecular flexibility index (Phi) is 5.78. The van der Waals surface area contributed by atoms with Crippen molar-refractivity contribution in [2.45, 2.75) is 12.7 Å². The molecule has 0 radical (unpaired) electrons. The van der Waals surface area contributed by atoms with Crippen LogP contribution in [-0.4, -0.2) is 19.9 Å². The fourth-order valence-electron chi connectivity index (χ4n) is 2.19. The molecule has 3 rings (SSSR count). The van der Waals surface area contributed by atoms with Gasteiger partial charge in [0, 0.05) is 18.8 Å². The maximum absolute atomic E-state index is 12.5. The zero-order valence-corrected chi connectivity index (χ0v) is 15.1. The first kappa shape index (κ1) is 20.3. The van der Waals surface area contributed by atoms with Gasteiger partial charge in [0.2, 0.25) is 5.75 Å². The molecule has 3 aromatic heterocycles. The molecule has 1 N–H and O–H groups in total. The molecule has 150 valence electrons. The molecule has 0 saturated carbocycles. The van der Waals surface area contributed by atoms with Gasteiger partial charge in [-0.1, -0.05) is 17.7 Å². The second-order valence-electron chi connectivity index (χ2n) is 5.62. The Hall–Kier alpha value is -3.47. The Labute approximate surface area is 166 Å². The highest BCUT2D eigenvalue weighted by molar-refractivity contribution is 6.30. The highest BCUT2D eigenvalue weighted by atomic mass is 35.5. The molecule has 0 amide bonds. The van der Waals surface area contributed by atoms with Gasteiger partial charge in [-0.2, -0.15) is 13.2 Å². The van der Waals surface area contributed by atoms with Crippen molar-refractivity contribution < 1.29 is 22.8 Å². The van der Waals surface area contributed by atoms with Crippen molar-refractivity contribution in [3.05, 3.63) is 75.3 Å². The van der Waals surface area contributed by atoms with Gasteiger partial charge >= 0.3 is 12.0 Å². The van der Waals surface area contributed by atoms with Crippen LogP contribution in [0.2, 0.25) is 5.02 Å². The summed E-state index contributed by atoms with van der Waals surface area (Å²) in [5.74, 6) is -0.0119. The smallest absolute Gasteiger partial charge is 0.433 e. The molecule has 0 aliphatic heterocycles. The Morgan fingerprint density at radius 1 is 1.10 bits per heavy atom. The second-order valence-corrected chi connectivity index (χ2v) is 6.05. The van der Waals surface area contributed by atoms with Crippen molar-refractivity contribution >= 4 is 23.2 Å². The number of nitro groups is 1. The number of nitrogens with zero attached hydrogens (tertiary/aromatic N) is 4. The third kappa shape index (κ3) is 5.29. The zero-order chi connectivity index (χ0) is 21.0. The summed E-state index contributed by atoms with van der Waals surface area (Å²) >= 11 is 5.79. The topological polar surface area (TPSA) is 103 Å². The molecule has 3 heterocycles. The number of ether oxygens (including phenoxy) is 1. The first-order valence-corrected chi connectivity index (χ1v) is 8.30. The standard InChI is InChI=1S/C17H11ClF3N5O3/c18-11-5-13(16(25-8-11)26(27)28)29-12-2-4-15(24-9-12)23-7-10-1-3-14(22-6-10)17(19,20)21/h1-6,8-9H,7H2,(H,23,24). The third-order valence-electron chi connectivity index (χ3n) is 3.53. The molecule has 0 aliphatic rings. The summed E-state index contributed by atoms with van der Waals surface area (Å²) in [7, 11) is 0. The third-order valence-corrected chi connectivity index (χ3v) is 3.73. The maximum Gasteiger partial charge on any atom is 0.433 e. The summed E-state index contributed by atoms with van der Waals surface area (Å²) in [5, 5.41) is 14.1. The lowest BCUT2D eigenvalue weighted by atomic mass is 10.2. The summed E-state index contributed by atoms with van der Waals surface area (Å²) in [6, 6.07) is 6.51. The van der Waals surface area contributed by atoms with Crippen LogP contribution in [0.25, 0.3) is 0 Å². The van der Waals surface area contributed by atoms with Crippen LogP contribution in [0.3, 0.4) is 0 Å². The van der Waals surface area contributed by atoms with Crippen molar-refractivity contribution in [2.24, 2.45) is 0 Å². The molecule has 0 fully saturated rings. The van der Waals surface area contributed by atoms with E-state index in [1.54, 1.807) is 0 Å². The van der Waals surface area contributed by atoms with Crippen LogP contribution in [0.1, 0.15) is 11.3 Å². The van der Waals surface area contributed by atoms with E-state index in [1.165, 1.54) is 30.5 Å². The van der Waals surface area contributed by atoms with Gasteiger partial charge in [-0.25, -0.2) is 4.98 Å². The summed E-state index contributed by atoms with van der Waals surface area (Å²) in [6.45, 7) is 0.196. The quantitative estimate of drug-likeness (QED) is 0.444. The molecule has 0 spiro atoms. The van der Waals surface area contributed by atoms with Crippen LogP contribution in [0.15, 0.2) is 48.9 Å². The largest absolute Gasteiger partial charge is 0.447 e. The summed E-state index contributed by atoms with van der Waals surface area (Å²) in [4.78, 5) is 21.4. The van der Waals surface area contributed by atoms with Crippen molar-refractivity contribution in [1.29, 1.82) is 0 Å². The average molecular weight is 426 g/mol. The predicted molar refractivity (Wildman–Crippen MR) is 96.8 cm³/mol. The van der Waals surface area contributed by atoms with Gasteiger partial charge in [0.05, 0.1) is 11.2 Å². The molecule has 0 saturated heterocycles. The number of alkyl halides is 3. The van der Waals surface area contributed by atoms with Gasteiger partial charge in [-0.05, 0) is 33.7 Å². The second kappa shape index (κ2) is 8.27. The number of hydrogen-bond acceptors (Lipinski definition) is 7. The van der Waals surface area contributed by atoms with Crippen molar-refractivity contribution in [2.75, 3.05) is 5.32 Å². The van der Waals surface area contributed by atoms with Crippen LogP contribution >= 0.6 is 11.6 Å². The molecular formula is C17H11ClF3N5O3. The minimum absolute atomic E-state index is 0.138. The Bertz CT molecular complexity index is 1010. The molecule has 29 heavy (non-hydrogen) atoms. The van der Waals surface area contributed by atoms with E-state index in [9.17, 15) is 23.3 Å². The van der Waals surface area contributed by atoms with Gasteiger partial charge < -0.3 is 20.2 Å². The number of aromatic nitrogens is 3. The SMILES string of the molecule is O=[N+]([O-])c1ncc(Cl)cc1Oc1ccc(NCc2ccc(C(F)(F)F)nc2)nc1. The lowest BCUT2D eigenvalue weighted by Gasteiger charge is -2.09. The average Bonchev–Trinajstić information content (AvgIpc) is 2.67. The number of halogens is 4. The summed E-state index contributed by atoms with van der Waals surface area (Å²) in [5.41, 5.74) is -0.439. The fourth-order valence-corrected chi connectivity index (χ4v) is 2.34. The zero-order valence-electron chi connectivity index (χ0n) is 14.4. The van der Waals surface area contributed by atoms with Crippen molar-refractivity contribution in [3.8, 4) is 11.5 Å². The fraction of sp³-hybridized carbons (Fsp3) is 0.118. The number of nitrogens with one attached hydrogen (secondary N) is 1. The molecule has 8 nitrogen and oxygen atoms in total. The van der Waals surface area contributed by atoms with Crippen LogP contribution in [-0.2, 0) is 12.7 Å². The Morgan fingerprint density at radius 3 is 2.48 bits per heavy atom. The van der Waals surface area contributed by atoms with Crippen molar-refractivity contribution in [3.63, 3.8) is 0 Å². The summed E-state index contributed by atoms with van der Waals surface area (Å²) < 4.78 is 42.9. The number of pyridine rings is 3. The van der Waals surface area contributed by atoms with Crippen LogP contribution in [0.5, 0.6) is 11.5 Å². The predicted octanol–water partition coefficient (Wildman–Crippen LogP) is 4.86. The van der Waals surface area contributed by atoms with E-state index >= 15 is 0 Å². The lowest BCUT2D eigenvalue weighted by Crippen LogP contribution is -2.08. The molecular weight excluding hydrogens is 415 g/mol. The van der Waals surface area contributed by atoms with E-state index in [0.717, 1.165) is 18.5 Å². The molecule has 0 bridgehead atoms. The van der Waals surface area contributed by atoms with Gasteiger partial charge in [-0.15, -0.1) is 0 Å². The molecule has 3 aromatic rings. The first-order chi connectivity index (χ1) is 13.7. The molecule has 0 aromatic carbocycles. The Morgan fingerprint density at radius 2 is 1.90 bits per heavy atom. The van der Waals surface area contributed by atoms with Crippen LogP contribution in [0.4, 0.5) is 24.8 Å². The number of rotatable bonds is 6. The molecule has 0 atom stereocenters. The first-order valence-electron chi connectivity index (χ1n) is 7.92. The normalized spacial score (nSPS) is 11.2. The van der Waals surface area contributed by atoms with E-state index in [4.69, 9.17) is 16.3 Å². The van der Waals surface area contributed by atoms with Crippen LogP contribution < -0.4 is 10.1 Å².